The highest BCUT2D eigenvalue weighted by molar-refractivity contribution is 7.70. The largest absolute Gasteiger partial charge is 0.341 e. The third-order valence-corrected chi connectivity index (χ3v) is 5.81. The summed E-state index contributed by atoms with van der Waals surface area (Å²) in [7, 11) is -2.72. The topological polar surface area (TPSA) is 121 Å². The number of hydrogen-bond donors (Lipinski definition) is 4. The second-order valence-electron chi connectivity index (χ2n) is 7.54. The molecule has 0 saturated carbocycles. The first-order valence-corrected chi connectivity index (χ1v) is 11.3. The minimum Gasteiger partial charge on any atom is -0.341 e. The van der Waals surface area contributed by atoms with Crippen LogP contribution >= 0.6 is 0 Å². The molecule has 0 spiro atoms. The van der Waals surface area contributed by atoms with Crippen LogP contribution in [-0.2, 0) is 23.9 Å². The maximum Gasteiger partial charge on any atom is 0.272 e. The predicted molar refractivity (Wildman–Crippen MR) is 124 cm³/mol. The number of thiol groups is 1. The van der Waals surface area contributed by atoms with E-state index in [1.165, 1.54) is 6.07 Å². The Balaban J connectivity index is 1.50. The molecule has 166 valence electrons. The van der Waals surface area contributed by atoms with Crippen molar-refractivity contribution in [3.05, 3.63) is 93.9 Å². The monoisotopic (exact) mass is 463 g/mol. The summed E-state index contributed by atoms with van der Waals surface area (Å²) >= 11 is 0. The molecule has 0 atom stereocenters. The van der Waals surface area contributed by atoms with Gasteiger partial charge in [0.25, 0.3) is 5.56 Å². The van der Waals surface area contributed by atoms with Gasteiger partial charge in [-0.1, -0.05) is 30.3 Å². The van der Waals surface area contributed by atoms with Crippen LogP contribution < -0.4 is 10.3 Å². The quantitative estimate of drug-likeness (QED) is 0.289. The number of imidazole rings is 1. The van der Waals surface area contributed by atoms with Crippen molar-refractivity contribution in [2.24, 2.45) is 0 Å². The number of nitrogens with zero attached hydrogens (tertiary/aromatic N) is 2. The minimum absolute atomic E-state index is 0.0483. The van der Waals surface area contributed by atoms with Gasteiger partial charge in [0.15, 0.2) is 0 Å². The van der Waals surface area contributed by atoms with Gasteiger partial charge in [-0.2, -0.15) is 5.10 Å². The van der Waals surface area contributed by atoms with E-state index < -0.39 is 10.9 Å². The Hall–Kier alpha value is -3.89. The Morgan fingerprint density at radius 3 is 2.64 bits per heavy atom. The first-order chi connectivity index (χ1) is 16.0. The number of halogens is 1. The van der Waals surface area contributed by atoms with Crippen LogP contribution in [0.2, 0.25) is 0 Å². The van der Waals surface area contributed by atoms with E-state index in [1.54, 1.807) is 42.5 Å². The van der Waals surface area contributed by atoms with Crippen LogP contribution in [0.1, 0.15) is 17.1 Å². The third kappa shape index (κ3) is 4.26. The van der Waals surface area contributed by atoms with E-state index in [-0.39, 0.29) is 17.9 Å². The van der Waals surface area contributed by atoms with Crippen molar-refractivity contribution in [3.63, 3.8) is 0 Å². The fourth-order valence-electron chi connectivity index (χ4n) is 3.85. The Morgan fingerprint density at radius 1 is 1.00 bits per heavy atom. The summed E-state index contributed by atoms with van der Waals surface area (Å²) in [5, 5.41) is 8.04. The molecule has 3 N–H and O–H groups in total. The Labute approximate surface area is 188 Å². The van der Waals surface area contributed by atoms with Gasteiger partial charge in [-0.15, -0.1) is 0 Å². The number of fused-ring (bicyclic) bond motifs is 2. The molecule has 33 heavy (non-hydrogen) atoms. The molecule has 0 amide bonds. The third-order valence-electron chi connectivity index (χ3n) is 5.40. The van der Waals surface area contributed by atoms with Crippen LogP contribution in [-0.4, -0.2) is 28.6 Å². The van der Waals surface area contributed by atoms with Crippen LogP contribution in [0.4, 0.5) is 4.39 Å². The molecular weight excluding hydrogens is 445 g/mol. The van der Waals surface area contributed by atoms with Gasteiger partial charge in [0.2, 0.25) is 10.9 Å². The maximum atomic E-state index is 14.7. The molecule has 0 aliphatic carbocycles. The molecule has 5 rings (SSSR count). The zero-order valence-electron chi connectivity index (χ0n) is 17.1. The molecule has 0 fully saturated rings. The highest BCUT2D eigenvalue weighted by Gasteiger charge is 2.12. The van der Waals surface area contributed by atoms with E-state index in [1.807, 2.05) is 12.1 Å². The van der Waals surface area contributed by atoms with Crippen LogP contribution in [0.5, 0.6) is 0 Å². The number of H-pyrrole nitrogens is 2. The maximum absolute atomic E-state index is 14.7. The van der Waals surface area contributed by atoms with E-state index >= 15 is 0 Å². The average Bonchev–Trinajstić information content (AvgIpc) is 3.23. The first-order valence-electron chi connectivity index (χ1n) is 10.1. The Bertz CT molecular complexity index is 1630. The highest BCUT2D eigenvalue weighted by Crippen LogP contribution is 2.28. The molecule has 10 heteroatoms. The van der Waals surface area contributed by atoms with Crippen LogP contribution in [0.15, 0.2) is 65.5 Å². The lowest BCUT2D eigenvalue weighted by molar-refractivity contribution is 0.600. The van der Waals surface area contributed by atoms with E-state index in [0.29, 0.717) is 40.0 Å². The second kappa shape index (κ2) is 8.57. The lowest BCUT2D eigenvalue weighted by Crippen LogP contribution is -2.11. The van der Waals surface area contributed by atoms with Gasteiger partial charge in [-0.05, 0) is 41.5 Å². The summed E-state index contributed by atoms with van der Waals surface area (Å²) in [4.78, 5) is 19.5. The molecule has 0 aliphatic rings. The zero-order chi connectivity index (χ0) is 22.9. The Kier molecular flexibility index (Phi) is 5.45. The van der Waals surface area contributed by atoms with E-state index in [9.17, 15) is 17.6 Å². The number of benzene rings is 3. The van der Waals surface area contributed by atoms with Crippen molar-refractivity contribution in [3.8, 4) is 11.1 Å². The number of aromatic nitrogens is 4. The summed E-state index contributed by atoms with van der Waals surface area (Å²) in [6.45, 7) is 0.0483. The average molecular weight is 463 g/mol. The fourth-order valence-corrected chi connectivity index (χ4v) is 4.13. The summed E-state index contributed by atoms with van der Waals surface area (Å²) in [5.41, 5.74) is 3.65. The molecular formula is C23H18FN5O3S. The number of aromatic amines is 2. The van der Waals surface area contributed by atoms with Crippen molar-refractivity contribution < 1.29 is 12.8 Å². The zero-order valence-corrected chi connectivity index (χ0v) is 18.0. The molecule has 3 aromatic carbocycles. The minimum atomic E-state index is -2.72. The number of hydrogen-bond acceptors (Lipinski definition) is 5. The molecule has 0 unspecified atom stereocenters. The fraction of sp³-hybridized carbons (Fsp3) is 0.0870. The molecule has 0 radical (unpaired) electrons. The van der Waals surface area contributed by atoms with E-state index in [4.69, 9.17) is 0 Å². The van der Waals surface area contributed by atoms with Gasteiger partial charge in [-0.3, -0.25) is 4.79 Å². The molecule has 0 bridgehead atoms. The first kappa shape index (κ1) is 21.0. The smallest absolute Gasteiger partial charge is 0.272 e. The predicted octanol–water partition coefficient (Wildman–Crippen LogP) is 2.81. The Morgan fingerprint density at radius 2 is 1.82 bits per heavy atom. The van der Waals surface area contributed by atoms with Crippen molar-refractivity contribution >= 4 is 32.7 Å². The van der Waals surface area contributed by atoms with Gasteiger partial charge in [0, 0.05) is 17.4 Å². The van der Waals surface area contributed by atoms with E-state index in [0.717, 1.165) is 16.5 Å². The van der Waals surface area contributed by atoms with Crippen molar-refractivity contribution in [2.75, 3.05) is 0 Å². The van der Waals surface area contributed by atoms with Gasteiger partial charge < -0.3 is 4.98 Å². The SMILES string of the molecule is O=c1[nH]nc(Cc2ccc(F)c(-c3ccc4[nH]c(CN[SH](=O)=O)nc4c3)c2)c2ccccc12. The van der Waals surface area contributed by atoms with Crippen molar-refractivity contribution in [2.45, 2.75) is 13.0 Å². The molecule has 2 aromatic heterocycles. The molecule has 0 saturated heterocycles. The summed E-state index contributed by atoms with van der Waals surface area (Å²) in [5.74, 6) is 0.0877. The van der Waals surface area contributed by atoms with Crippen molar-refractivity contribution in [1.29, 1.82) is 0 Å². The van der Waals surface area contributed by atoms with Crippen LogP contribution in [0.25, 0.3) is 32.9 Å². The van der Waals surface area contributed by atoms with Crippen molar-refractivity contribution in [1.82, 2.24) is 24.9 Å². The molecule has 0 aliphatic heterocycles. The van der Waals surface area contributed by atoms with E-state index in [2.05, 4.69) is 24.9 Å². The number of nitrogens with one attached hydrogen (secondary N) is 3. The van der Waals surface area contributed by atoms with Gasteiger partial charge >= 0.3 is 0 Å². The van der Waals surface area contributed by atoms with Crippen LogP contribution in [0.3, 0.4) is 0 Å². The second-order valence-corrected chi connectivity index (χ2v) is 8.37. The standard InChI is InChI=1S/C23H18FN5O3S/c24-18-7-5-13(10-20-15-3-1-2-4-16(15)23(30)29-28-20)9-17(18)14-6-8-19-21(11-14)27-22(26-19)12-25-33(31)32/h1-9,11,33H,10,12H2,(H,26,27)(H,29,30)(H,25,31,32). The highest BCUT2D eigenvalue weighted by atomic mass is 32.2. The normalized spacial score (nSPS) is 11.6. The summed E-state index contributed by atoms with van der Waals surface area (Å²) in [6, 6.07) is 17.4. The van der Waals surface area contributed by atoms with Crippen LogP contribution in [0, 0.1) is 5.82 Å². The molecule has 2 heterocycles. The summed E-state index contributed by atoms with van der Waals surface area (Å²) < 4.78 is 38.5. The molecule has 8 nitrogen and oxygen atoms in total. The van der Waals surface area contributed by atoms with Gasteiger partial charge in [0.1, 0.15) is 11.6 Å². The lowest BCUT2D eigenvalue weighted by atomic mass is 9.98. The summed E-state index contributed by atoms with van der Waals surface area (Å²) in [6.07, 6.45) is 0.415. The number of rotatable bonds is 6. The van der Waals surface area contributed by atoms with Gasteiger partial charge in [0.05, 0.1) is 28.7 Å². The van der Waals surface area contributed by atoms with Gasteiger partial charge in [-0.25, -0.2) is 27.6 Å². The lowest BCUT2D eigenvalue weighted by Gasteiger charge is -2.09. The molecule has 5 aromatic rings.